The first-order valence-electron chi connectivity index (χ1n) is 8.31. The zero-order valence-corrected chi connectivity index (χ0v) is 14.9. The van der Waals surface area contributed by atoms with Crippen LogP contribution in [-0.2, 0) is 4.79 Å². The first-order valence-corrected chi connectivity index (χ1v) is 8.31. The van der Waals surface area contributed by atoms with Crippen molar-refractivity contribution in [2.24, 2.45) is 23.0 Å². The van der Waals surface area contributed by atoms with Gasteiger partial charge in [0.15, 0.2) is 0 Å². The third kappa shape index (κ3) is 5.26. The van der Waals surface area contributed by atoms with Gasteiger partial charge in [-0.25, -0.2) is 0 Å². The summed E-state index contributed by atoms with van der Waals surface area (Å²) in [5.41, 5.74) is 5.95. The Kier molecular flexibility index (Phi) is 6.67. The maximum Gasteiger partial charge on any atom is 0.222 e. The molecule has 21 heavy (non-hydrogen) atoms. The first-order chi connectivity index (χ1) is 9.66. The number of nitrogens with two attached hydrogens (primary N) is 1. The Hall–Kier alpha value is -0.610. The van der Waals surface area contributed by atoms with Crippen molar-refractivity contribution < 1.29 is 4.79 Å². The van der Waals surface area contributed by atoms with E-state index in [1.807, 2.05) is 0 Å². The van der Waals surface area contributed by atoms with Gasteiger partial charge in [0.25, 0.3) is 0 Å². The molecule has 4 nitrogen and oxygen atoms in total. The molecule has 3 atom stereocenters. The molecule has 1 rings (SSSR count). The summed E-state index contributed by atoms with van der Waals surface area (Å²) in [5.74, 6) is 1.40. The fourth-order valence-electron chi connectivity index (χ4n) is 3.49. The van der Waals surface area contributed by atoms with Crippen LogP contribution in [-0.4, -0.2) is 55.5 Å². The van der Waals surface area contributed by atoms with Crippen molar-refractivity contribution in [1.29, 1.82) is 0 Å². The van der Waals surface area contributed by atoms with Gasteiger partial charge in [0.05, 0.1) is 0 Å². The van der Waals surface area contributed by atoms with Gasteiger partial charge in [-0.3, -0.25) is 4.79 Å². The van der Waals surface area contributed by atoms with E-state index < -0.39 is 0 Å². The third-order valence-electron chi connectivity index (χ3n) is 5.04. The molecule has 0 saturated carbocycles. The van der Waals surface area contributed by atoms with Gasteiger partial charge >= 0.3 is 0 Å². The average Bonchev–Trinajstić information content (AvgIpc) is 2.75. The van der Waals surface area contributed by atoms with Crippen LogP contribution in [0.25, 0.3) is 0 Å². The van der Waals surface area contributed by atoms with Crippen molar-refractivity contribution in [3.05, 3.63) is 0 Å². The van der Waals surface area contributed by atoms with E-state index in [0.29, 0.717) is 36.8 Å². The second-order valence-corrected chi connectivity index (χ2v) is 7.99. The van der Waals surface area contributed by atoms with Gasteiger partial charge in [0.2, 0.25) is 5.91 Å². The summed E-state index contributed by atoms with van der Waals surface area (Å²) in [6, 6.07) is 0.497. The lowest BCUT2D eigenvalue weighted by Crippen LogP contribution is -2.36. The van der Waals surface area contributed by atoms with E-state index >= 15 is 0 Å². The number of likely N-dealkylation sites (tertiary alicyclic amines) is 1. The topological polar surface area (TPSA) is 49.6 Å². The minimum atomic E-state index is 0.226. The van der Waals surface area contributed by atoms with Crippen LogP contribution in [0.2, 0.25) is 0 Å². The molecule has 0 bridgehead atoms. The van der Waals surface area contributed by atoms with E-state index in [9.17, 15) is 4.79 Å². The summed E-state index contributed by atoms with van der Waals surface area (Å²) in [6.45, 7) is 11.5. The largest absolute Gasteiger partial charge is 0.341 e. The van der Waals surface area contributed by atoms with E-state index in [2.05, 4.69) is 51.6 Å². The highest BCUT2D eigenvalue weighted by molar-refractivity contribution is 5.76. The van der Waals surface area contributed by atoms with Crippen LogP contribution in [0.15, 0.2) is 0 Å². The molecule has 1 fully saturated rings. The Bertz CT molecular complexity index is 335. The van der Waals surface area contributed by atoms with Crippen LogP contribution in [0, 0.1) is 17.3 Å². The number of nitrogens with zero attached hydrogens (tertiary/aromatic N) is 2. The van der Waals surface area contributed by atoms with Crippen LogP contribution in [0.4, 0.5) is 0 Å². The number of hydrogen-bond acceptors (Lipinski definition) is 3. The van der Waals surface area contributed by atoms with Crippen molar-refractivity contribution in [3.8, 4) is 0 Å². The van der Waals surface area contributed by atoms with Gasteiger partial charge in [-0.15, -0.1) is 0 Å². The summed E-state index contributed by atoms with van der Waals surface area (Å²) in [5, 5.41) is 0. The molecule has 0 aromatic heterocycles. The highest BCUT2D eigenvalue weighted by Gasteiger charge is 2.34. The van der Waals surface area contributed by atoms with Gasteiger partial charge in [-0.05, 0) is 50.7 Å². The molecule has 4 heteroatoms. The van der Waals surface area contributed by atoms with Gasteiger partial charge < -0.3 is 15.5 Å². The molecule has 1 aliphatic rings. The molecule has 0 aromatic carbocycles. The number of likely N-dealkylation sites (N-methyl/N-ethyl adjacent to an activating group) is 1. The molecule has 124 valence electrons. The summed E-state index contributed by atoms with van der Waals surface area (Å²) in [7, 11) is 4.21. The van der Waals surface area contributed by atoms with E-state index in [-0.39, 0.29) is 5.41 Å². The normalized spacial score (nSPS) is 24.7. The molecule has 1 amide bonds. The van der Waals surface area contributed by atoms with Gasteiger partial charge in [-0.1, -0.05) is 27.7 Å². The maximum atomic E-state index is 12.5. The fourth-order valence-corrected chi connectivity index (χ4v) is 3.49. The zero-order valence-electron chi connectivity index (χ0n) is 14.9. The van der Waals surface area contributed by atoms with E-state index in [0.717, 1.165) is 25.9 Å². The monoisotopic (exact) mass is 297 g/mol. The van der Waals surface area contributed by atoms with Crippen molar-refractivity contribution in [1.82, 2.24) is 9.80 Å². The van der Waals surface area contributed by atoms with Crippen molar-refractivity contribution >= 4 is 5.91 Å². The number of rotatable bonds is 6. The van der Waals surface area contributed by atoms with Gasteiger partial charge in [0.1, 0.15) is 0 Å². The Labute approximate surface area is 131 Å². The number of carbonyl (C=O) groups excluding carboxylic acids is 1. The van der Waals surface area contributed by atoms with E-state index in [4.69, 9.17) is 5.73 Å². The second-order valence-electron chi connectivity index (χ2n) is 7.99. The molecular formula is C17H35N3O. The predicted molar refractivity (Wildman–Crippen MR) is 89.1 cm³/mol. The Morgan fingerprint density at radius 1 is 1.29 bits per heavy atom. The summed E-state index contributed by atoms with van der Waals surface area (Å²) >= 11 is 0. The maximum absolute atomic E-state index is 12.5. The Morgan fingerprint density at radius 3 is 2.33 bits per heavy atom. The number of carbonyl (C=O) groups is 1. The Balaban J connectivity index is 2.50. The van der Waals surface area contributed by atoms with Crippen LogP contribution in [0.1, 0.15) is 47.0 Å². The summed E-state index contributed by atoms with van der Waals surface area (Å²) < 4.78 is 0. The first kappa shape index (κ1) is 18.4. The predicted octanol–water partition coefficient (Wildman–Crippen LogP) is 2.19. The molecular weight excluding hydrogens is 262 g/mol. The van der Waals surface area contributed by atoms with Crippen LogP contribution in [0.5, 0.6) is 0 Å². The lowest BCUT2D eigenvalue weighted by atomic mass is 9.76. The van der Waals surface area contributed by atoms with Crippen molar-refractivity contribution in [2.75, 3.05) is 33.7 Å². The lowest BCUT2D eigenvalue weighted by molar-refractivity contribution is -0.130. The highest BCUT2D eigenvalue weighted by atomic mass is 16.2. The Morgan fingerprint density at radius 2 is 1.90 bits per heavy atom. The second kappa shape index (κ2) is 7.59. The summed E-state index contributed by atoms with van der Waals surface area (Å²) in [6.07, 6.45) is 2.62. The highest BCUT2D eigenvalue weighted by Crippen LogP contribution is 2.32. The minimum absolute atomic E-state index is 0.226. The van der Waals surface area contributed by atoms with E-state index in [1.165, 1.54) is 0 Å². The zero-order chi connectivity index (χ0) is 16.2. The third-order valence-corrected chi connectivity index (χ3v) is 5.04. The number of hydrogen-bond donors (Lipinski definition) is 1. The van der Waals surface area contributed by atoms with Crippen molar-refractivity contribution in [2.45, 2.75) is 53.0 Å². The molecule has 3 unspecified atom stereocenters. The van der Waals surface area contributed by atoms with Crippen LogP contribution in [0.3, 0.4) is 0 Å². The average molecular weight is 297 g/mol. The SMILES string of the molecule is CC1CN(C(=O)CCC(CCN)C(C)(C)C)CC1N(C)C. The van der Waals surface area contributed by atoms with Gasteiger partial charge in [-0.2, -0.15) is 0 Å². The fraction of sp³-hybridized carbons (Fsp3) is 0.941. The molecule has 0 aromatic rings. The smallest absolute Gasteiger partial charge is 0.222 e. The molecule has 1 heterocycles. The molecule has 0 radical (unpaired) electrons. The molecule has 1 saturated heterocycles. The van der Waals surface area contributed by atoms with Crippen molar-refractivity contribution in [3.63, 3.8) is 0 Å². The van der Waals surface area contributed by atoms with Gasteiger partial charge in [0, 0.05) is 25.6 Å². The van der Waals surface area contributed by atoms with Crippen LogP contribution >= 0.6 is 0 Å². The minimum Gasteiger partial charge on any atom is -0.341 e. The molecule has 2 N–H and O–H groups in total. The lowest BCUT2D eigenvalue weighted by Gasteiger charge is -2.31. The summed E-state index contributed by atoms with van der Waals surface area (Å²) in [4.78, 5) is 16.8. The molecule has 0 spiro atoms. The van der Waals surface area contributed by atoms with Crippen LogP contribution < -0.4 is 5.73 Å². The number of amides is 1. The quantitative estimate of drug-likeness (QED) is 0.817. The van der Waals surface area contributed by atoms with E-state index in [1.54, 1.807) is 0 Å². The molecule has 0 aliphatic carbocycles. The standard InChI is InChI=1S/C17H35N3O/c1-13-11-20(12-15(13)19(5)6)16(21)8-7-14(9-10-18)17(2,3)4/h13-15H,7-12,18H2,1-6H3. The molecule has 1 aliphatic heterocycles.